The number of hydrogen-bond donors (Lipinski definition) is 6. The third-order valence-corrected chi connectivity index (χ3v) is 8.93. The molecular weight excluding hydrogens is 615 g/mol. The van der Waals surface area contributed by atoms with Crippen LogP contribution in [0.1, 0.15) is 39.9 Å². The molecule has 0 saturated carbocycles. The van der Waals surface area contributed by atoms with Crippen LogP contribution in [-0.2, 0) is 20.5 Å². The minimum atomic E-state index is -4.88. The number of benzene rings is 2. The number of likely N-dealkylation sites (N-methyl/N-ethyl adjacent to an activating group) is 1. The number of hydrogen-bond acceptors (Lipinski definition) is 10. The van der Waals surface area contributed by atoms with E-state index >= 15 is 0 Å². The van der Waals surface area contributed by atoms with Crippen molar-refractivity contribution in [2.45, 2.75) is 43.7 Å². The fourth-order valence-corrected chi connectivity index (χ4v) is 6.96. The molecule has 0 fully saturated rings. The van der Waals surface area contributed by atoms with Crippen molar-refractivity contribution in [3.8, 4) is 5.75 Å². The number of ketones is 2. The monoisotopic (exact) mass is 645 g/mol. The van der Waals surface area contributed by atoms with E-state index in [2.05, 4.69) is 0 Å². The summed E-state index contributed by atoms with van der Waals surface area (Å²) in [7, 11) is 2.74. The van der Waals surface area contributed by atoms with E-state index in [0.29, 0.717) is 0 Å². The van der Waals surface area contributed by atoms with Gasteiger partial charge in [-0.15, -0.1) is 0 Å². The Balaban J connectivity index is 1.74. The van der Waals surface area contributed by atoms with E-state index < -0.39 is 105 Å². The van der Waals surface area contributed by atoms with Crippen molar-refractivity contribution in [1.29, 1.82) is 0 Å². The van der Waals surface area contributed by atoms with Crippen molar-refractivity contribution in [1.82, 2.24) is 4.90 Å². The molecule has 0 bridgehead atoms. The van der Waals surface area contributed by atoms with Gasteiger partial charge in [-0.3, -0.25) is 24.6 Å². The molecule has 0 aromatic heterocycles. The maximum absolute atomic E-state index is 13.9. The molecule has 46 heavy (non-hydrogen) atoms. The second-order valence-corrected chi connectivity index (χ2v) is 11.8. The third-order valence-electron chi connectivity index (χ3n) is 8.93. The van der Waals surface area contributed by atoms with Crippen molar-refractivity contribution >= 4 is 29.3 Å². The molecular formula is C31H30F3N3O9. The number of alkyl halides is 3. The molecule has 244 valence electrons. The van der Waals surface area contributed by atoms with Crippen molar-refractivity contribution in [2.75, 3.05) is 19.4 Å². The normalized spacial score (nSPS) is 27.6. The Morgan fingerprint density at radius 3 is 2.33 bits per heavy atom. The lowest BCUT2D eigenvalue weighted by Gasteiger charge is -2.54. The van der Waals surface area contributed by atoms with Gasteiger partial charge in [-0.05, 0) is 50.7 Å². The molecule has 12 nitrogen and oxygen atoms in total. The first-order valence-electron chi connectivity index (χ1n) is 14.0. The largest absolute Gasteiger partial charge is 0.510 e. The minimum Gasteiger partial charge on any atom is -0.510 e. The summed E-state index contributed by atoms with van der Waals surface area (Å²) in [6.07, 6.45) is -8.19. The second kappa shape index (κ2) is 10.9. The summed E-state index contributed by atoms with van der Waals surface area (Å²) in [6, 6.07) is 5.67. The molecule has 0 heterocycles. The Kier molecular flexibility index (Phi) is 7.68. The summed E-state index contributed by atoms with van der Waals surface area (Å²) in [4.78, 5) is 54.7. The number of aliphatic hydroxyl groups is 3. The lowest BCUT2D eigenvalue weighted by molar-refractivity contribution is -0.162. The summed E-state index contributed by atoms with van der Waals surface area (Å²) < 4.78 is 47.2. The standard InChI is InChI=1S/C31H30F3N3O9/c1-11-8-9-15(14(10-11)31(32,33)34)36-29(44)46-25-17-12(2)13-6-5-7-16(38)18(13)23(39)19(17)26(41)30(45)21(25)22(37(3)4)24(40)20(27(30)42)28(35)43/h5-10,12,17,21-22,25,38,40-41,45H,1-4H3,(H2,35,43)(H,36,44). The van der Waals surface area contributed by atoms with Crippen LogP contribution in [0.25, 0.3) is 0 Å². The predicted molar refractivity (Wildman–Crippen MR) is 154 cm³/mol. The summed E-state index contributed by atoms with van der Waals surface area (Å²) in [5.74, 6) is -10.9. The second-order valence-electron chi connectivity index (χ2n) is 11.8. The molecule has 3 aliphatic carbocycles. The zero-order valence-corrected chi connectivity index (χ0v) is 24.8. The molecule has 0 spiro atoms. The SMILES string of the molecule is Cc1ccc(NC(=O)OC2C3C(=C(O)C4(O)C(=O)C(C(N)=O)=C(O)C(N(C)C)C24)C(=O)c2c(O)cccc2C3C)c(C(F)(F)F)c1. The smallest absolute Gasteiger partial charge is 0.418 e. The Bertz CT molecular complexity index is 1770. The fourth-order valence-electron chi connectivity index (χ4n) is 6.96. The Morgan fingerprint density at radius 1 is 1.09 bits per heavy atom. The quantitative estimate of drug-likeness (QED) is 0.268. The Morgan fingerprint density at radius 2 is 1.74 bits per heavy atom. The maximum atomic E-state index is 13.9. The number of carbonyl (C=O) groups excluding carboxylic acids is 4. The highest BCUT2D eigenvalue weighted by Gasteiger charge is 2.68. The highest BCUT2D eigenvalue weighted by molar-refractivity contribution is 6.25. The highest BCUT2D eigenvalue weighted by Crippen LogP contribution is 2.56. The number of anilines is 1. The zero-order valence-electron chi connectivity index (χ0n) is 24.8. The summed E-state index contributed by atoms with van der Waals surface area (Å²) in [6.45, 7) is 2.96. The van der Waals surface area contributed by atoms with Crippen molar-refractivity contribution < 1.29 is 57.5 Å². The molecule has 6 unspecified atom stereocenters. The van der Waals surface area contributed by atoms with Gasteiger partial charge in [-0.2, -0.15) is 13.2 Å². The molecule has 0 saturated heterocycles. The molecule has 5 rings (SSSR count). The van der Waals surface area contributed by atoms with Gasteiger partial charge >= 0.3 is 12.3 Å². The number of aromatic hydroxyl groups is 1. The number of Topliss-reactive ketones (excluding diaryl/α,β-unsaturated/α-hetero) is 2. The van der Waals surface area contributed by atoms with E-state index in [4.69, 9.17) is 10.5 Å². The fraction of sp³-hybridized carbons (Fsp3) is 0.355. The average Bonchev–Trinajstić information content (AvgIpc) is 2.94. The van der Waals surface area contributed by atoms with Crippen LogP contribution in [0.4, 0.5) is 23.7 Å². The highest BCUT2D eigenvalue weighted by atomic mass is 19.4. The molecule has 15 heteroatoms. The van der Waals surface area contributed by atoms with Gasteiger partial charge in [0.15, 0.2) is 11.4 Å². The van der Waals surface area contributed by atoms with Crippen LogP contribution < -0.4 is 11.1 Å². The van der Waals surface area contributed by atoms with Gasteiger partial charge in [0.05, 0.1) is 28.8 Å². The lowest BCUT2D eigenvalue weighted by atomic mass is 9.55. The number of aliphatic hydroxyl groups excluding tert-OH is 2. The van der Waals surface area contributed by atoms with Gasteiger partial charge in [0.1, 0.15) is 28.9 Å². The van der Waals surface area contributed by atoms with Crippen LogP contribution in [0.2, 0.25) is 0 Å². The van der Waals surface area contributed by atoms with Gasteiger partial charge < -0.3 is 30.9 Å². The van der Waals surface area contributed by atoms with Crippen LogP contribution in [0.3, 0.4) is 0 Å². The number of halogens is 3. The first-order valence-corrected chi connectivity index (χ1v) is 14.0. The Hall–Kier alpha value is -4.89. The summed E-state index contributed by atoms with van der Waals surface area (Å²) in [5.41, 5.74) is -1.22. The average molecular weight is 646 g/mol. The van der Waals surface area contributed by atoms with Crippen molar-refractivity contribution in [2.24, 2.45) is 17.6 Å². The van der Waals surface area contributed by atoms with E-state index in [9.17, 15) is 52.8 Å². The number of phenolic OH excluding ortho intramolecular Hbond substituents is 1. The van der Waals surface area contributed by atoms with E-state index in [0.717, 1.165) is 12.1 Å². The topological polar surface area (TPSA) is 200 Å². The number of nitrogens with two attached hydrogens (primary N) is 1. The summed E-state index contributed by atoms with van der Waals surface area (Å²) in [5, 5.41) is 47.5. The molecule has 0 aliphatic heterocycles. The van der Waals surface area contributed by atoms with Crippen LogP contribution >= 0.6 is 0 Å². The number of carbonyl (C=O) groups is 4. The van der Waals surface area contributed by atoms with E-state index in [-0.39, 0.29) is 16.7 Å². The number of rotatable bonds is 4. The number of phenols is 1. The predicted octanol–water partition coefficient (Wildman–Crippen LogP) is 3.24. The van der Waals surface area contributed by atoms with Crippen molar-refractivity contribution in [3.63, 3.8) is 0 Å². The number of nitrogens with zero attached hydrogens (tertiary/aromatic N) is 1. The number of nitrogens with one attached hydrogen (secondary N) is 1. The maximum Gasteiger partial charge on any atom is 0.418 e. The third kappa shape index (κ3) is 4.69. The first kappa shape index (κ1) is 32.5. The van der Waals surface area contributed by atoms with Crippen LogP contribution in [0, 0.1) is 18.8 Å². The van der Waals surface area contributed by atoms with Crippen LogP contribution in [-0.4, -0.2) is 80.7 Å². The molecule has 2 amide bonds. The van der Waals surface area contributed by atoms with E-state index in [1.54, 1.807) is 6.92 Å². The number of ether oxygens (including phenoxy) is 1. The van der Waals surface area contributed by atoms with Gasteiger partial charge in [-0.1, -0.05) is 30.7 Å². The zero-order chi connectivity index (χ0) is 34.2. The van der Waals surface area contributed by atoms with E-state index in [1.165, 1.54) is 50.2 Å². The van der Waals surface area contributed by atoms with Crippen molar-refractivity contribution in [3.05, 3.63) is 81.3 Å². The number of amides is 2. The molecule has 3 aliphatic rings. The molecule has 0 radical (unpaired) electrons. The number of primary amides is 1. The van der Waals surface area contributed by atoms with Gasteiger partial charge in [0, 0.05) is 11.5 Å². The molecule has 7 N–H and O–H groups in total. The first-order chi connectivity index (χ1) is 21.3. The van der Waals surface area contributed by atoms with Gasteiger partial charge in [0.2, 0.25) is 5.78 Å². The molecule has 6 atom stereocenters. The van der Waals surface area contributed by atoms with Gasteiger partial charge in [0.25, 0.3) is 5.91 Å². The van der Waals surface area contributed by atoms with E-state index in [1.807, 2.05) is 5.32 Å². The van der Waals surface area contributed by atoms with Crippen LogP contribution in [0.15, 0.2) is 59.1 Å². The summed E-state index contributed by atoms with van der Waals surface area (Å²) >= 11 is 0. The Labute approximate surface area is 259 Å². The number of aryl methyl sites for hydroxylation is 1. The molecule has 2 aromatic carbocycles. The minimum absolute atomic E-state index is 0.241. The lowest BCUT2D eigenvalue weighted by Crippen LogP contribution is -2.69. The van der Waals surface area contributed by atoms with Crippen LogP contribution in [0.5, 0.6) is 5.75 Å². The molecule has 2 aromatic rings. The van der Waals surface area contributed by atoms with Gasteiger partial charge in [-0.25, -0.2) is 4.79 Å². The number of fused-ring (bicyclic) bond motifs is 3.